The number of halogens is 2. The highest BCUT2D eigenvalue weighted by molar-refractivity contribution is 5.92. The van der Waals surface area contributed by atoms with Gasteiger partial charge in [0.15, 0.2) is 0 Å². The molecule has 1 N–H and O–H groups in total. The third-order valence-electron chi connectivity index (χ3n) is 4.60. The zero-order valence-electron chi connectivity index (χ0n) is 15.9. The molecule has 0 unspecified atom stereocenters. The third-order valence-corrected chi connectivity index (χ3v) is 4.60. The minimum absolute atomic E-state index is 0.118. The van der Waals surface area contributed by atoms with Crippen LogP contribution in [0, 0.1) is 25.6 Å². The van der Waals surface area contributed by atoms with E-state index in [4.69, 9.17) is 4.98 Å². The first kappa shape index (κ1) is 18.7. The van der Waals surface area contributed by atoms with Crippen LogP contribution in [0.15, 0.2) is 54.7 Å². The number of benzene rings is 1. The Hall–Kier alpha value is -3.61. The van der Waals surface area contributed by atoms with Crippen LogP contribution in [0.3, 0.4) is 0 Å². The van der Waals surface area contributed by atoms with E-state index >= 15 is 0 Å². The molecule has 29 heavy (non-hydrogen) atoms. The molecule has 7 heteroatoms. The van der Waals surface area contributed by atoms with Crippen molar-refractivity contribution < 1.29 is 13.6 Å². The van der Waals surface area contributed by atoms with Crippen molar-refractivity contribution in [2.45, 2.75) is 20.4 Å². The maximum absolute atomic E-state index is 13.4. The molecule has 0 bridgehead atoms. The summed E-state index contributed by atoms with van der Waals surface area (Å²) >= 11 is 0. The van der Waals surface area contributed by atoms with E-state index in [0.717, 1.165) is 39.8 Å². The molecule has 4 aromatic rings. The average Bonchev–Trinajstić information content (AvgIpc) is 3.03. The van der Waals surface area contributed by atoms with Crippen LogP contribution < -0.4 is 5.32 Å². The number of carbonyl (C=O) groups excluding carboxylic acids is 1. The number of aromatic nitrogens is 3. The Morgan fingerprint density at radius 1 is 1.00 bits per heavy atom. The fraction of sp³-hybridized carbons (Fsp3) is 0.136. The van der Waals surface area contributed by atoms with Gasteiger partial charge in [-0.1, -0.05) is 35.9 Å². The lowest BCUT2D eigenvalue weighted by atomic mass is 10.1. The van der Waals surface area contributed by atoms with E-state index in [2.05, 4.69) is 10.3 Å². The van der Waals surface area contributed by atoms with Gasteiger partial charge >= 0.3 is 0 Å². The van der Waals surface area contributed by atoms with Gasteiger partial charge in [-0.05, 0) is 25.5 Å². The zero-order valence-corrected chi connectivity index (χ0v) is 15.9. The predicted octanol–water partition coefficient (Wildman–Crippen LogP) is 4.22. The smallest absolute Gasteiger partial charge is 0.270 e. The number of carbonyl (C=O) groups is 1. The standard InChI is InChI=1S/C22H18F2N4O/c1-13-3-6-15(7-4-13)21-18(28-12-14(2)5-8-20(28)27-21)11-25-22(29)17-9-16(23)10-19(24)26-17/h3-10,12H,11H2,1-2H3,(H,25,29). The number of nitrogens with one attached hydrogen (secondary N) is 1. The second kappa shape index (κ2) is 7.43. The van der Waals surface area contributed by atoms with Crippen molar-refractivity contribution in [1.82, 2.24) is 19.7 Å². The minimum Gasteiger partial charge on any atom is -0.345 e. The Morgan fingerprint density at radius 3 is 2.45 bits per heavy atom. The van der Waals surface area contributed by atoms with Gasteiger partial charge in [-0.15, -0.1) is 0 Å². The zero-order chi connectivity index (χ0) is 20.5. The fourth-order valence-corrected chi connectivity index (χ4v) is 3.15. The Bertz CT molecular complexity index is 1200. The number of amides is 1. The molecule has 5 nitrogen and oxygen atoms in total. The highest BCUT2D eigenvalue weighted by Gasteiger charge is 2.17. The molecule has 0 aliphatic carbocycles. The summed E-state index contributed by atoms with van der Waals surface area (Å²) in [5, 5.41) is 2.69. The molecule has 0 saturated heterocycles. The summed E-state index contributed by atoms with van der Waals surface area (Å²) < 4.78 is 28.6. The number of nitrogens with zero attached hydrogens (tertiary/aromatic N) is 3. The number of fused-ring (bicyclic) bond motifs is 1. The first-order chi connectivity index (χ1) is 13.9. The van der Waals surface area contributed by atoms with Crippen molar-refractivity contribution in [2.24, 2.45) is 0 Å². The van der Waals surface area contributed by atoms with E-state index in [1.165, 1.54) is 0 Å². The van der Waals surface area contributed by atoms with Crippen LogP contribution >= 0.6 is 0 Å². The molecule has 0 fully saturated rings. The summed E-state index contributed by atoms with van der Waals surface area (Å²) in [6, 6.07) is 13.3. The number of pyridine rings is 2. The quantitative estimate of drug-likeness (QED) is 0.529. The van der Waals surface area contributed by atoms with E-state index in [1.807, 2.05) is 60.8 Å². The molecule has 3 aromatic heterocycles. The van der Waals surface area contributed by atoms with E-state index in [9.17, 15) is 13.6 Å². The molecule has 0 aliphatic heterocycles. The molecule has 146 valence electrons. The van der Waals surface area contributed by atoms with E-state index in [-0.39, 0.29) is 12.2 Å². The normalized spacial score (nSPS) is 11.0. The van der Waals surface area contributed by atoms with Crippen LogP contribution in [0.25, 0.3) is 16.9 Å². The van der Waals surface area contributed by atoms with Gasteiger partial charge in [0.05, 0.1) is 17.9 Å². The van der Waals surface area contributed by atoms with Crippen molar-refractivity contribution in [2.75, 3.05) is 0 Å². The second-order valence-electron chi connectivity index (χ2n) is 6.88. The van der Waals surface area contributed by atoms with Crippen LogP contribution in [-0.2, 0) is 6.54 Å². The number of imidazole rings is 1. The van der Waals surface area contributed by atoms with Crippen LogP contribution in [0.5, 0.6) is 0 Å². The first-order valence-corrected chi connectivity index (χ1v) is 9.06. The number of rotatable bonds is 4. The van der Waals surface area contributed by atoms with Crippen LogP contribution in [-0.4, -0.2) is 20.3 Å². The molecule has 0 saturated carbocycles. The highest BCUT2D eigenvalue weighted by atomic mass is 19.1. The first-order valence-electron chi connectivity index (χ1n) is 9.06. The monoisotopic (exact) mass is 392 g/mol. The summed E-state index contributed by atoms with van der Waals surface area (Å²) in [6.07, 6.45) is 1.93. The molecule has 3 heterocycles. The Kier molecular flexibility index (Phi) is 4.80. The molecular formula is C22H18F2N4O. The van der Waals surface area contributed by atoms with Crippen LogP contribution in [0.4, 0.5) is 8.78 Å². The van der Waals surface area contributed by atoms with Gasteiger partial charge in [-0.2, -0.15) is 4.39 Å². The van der Waals surface area contributed by atoms with E-state index in [0.29, 0.717) is 6.07 Å². The number of hydrogen-bond donors (Lipinski definition) is 1. The van der Waals surface area contributed by atoms with E-state index in [1.54, 1.807) is 0 Å². The topological polar surface area (TPSA) is 59.3 Å². The van der Waals surface area contributed by atoms with Gasteiger partial charge in [0.1, 0.15) is 17.2 Å². The van der Waals surface area contributed by atoms with Gasteiger partial charge in [-0.25, -0.2) is 14.4 Å². The lowest BCUT2D eigenvalue weighted by molar-refractivity contribution is 0.0943. The Morgan fingerprint density at radius 2 is 1.72 bits per heavy atom. The Labute approximate surface area is 166 Å². The van der Waals surface area contributed by atoms with Gasteiger partial charge in [0, 0.05) is 23.9 Å². The average molecular weight is 392 g/mol. The molecule has 4 rings (SSSR count). The molecule has 0 atom stereocenters. The summed E-state index contributed by atoms with van der Waals surface area (Å²) in [5.74, 6) is -2.56. The van der Waals surface area contributed by atoms with Crippen molar-refractivity contribution in [3.8, 4) is 11.3 Å². The molecule has 0 aliphatic rings. The second-order valence-corrected chi connectivity index (χ2v) is 6.88. The minimum atomic E-state index is -1.04. The van der Waals surface area contributed by atoms with Gasteiger partial charge in [-0.3, -0.25) is 4.79 Å². The molecule has 0 radical (unpaired) electrons. The van der Waals surface area contributed by atoms with E-state index < -0.39 is 17.7 Å². The molecule has 1 aromatic carbocycles. The number of aryl methyl sites for hydroxylation is 2. The molecule has 1 amide bonds. The molecule has 0 spiro atoms. The summed E-state index contributed by atoms with van der Waals surface area (Å²) in [7, 11) is 0. The van der Waals surface area contributed by atoms with Crippen LogP contribution in [0.1, 0.15) is 27.3 Å². The van der Waals surface area contributed by atoms with Crippen molar-refractivity contribution >= 4 is 11.6 Å². The van der Waals surface area contributed by atoms with Crippen molar-refractivity contribution in [1.29, 1.82) is 0 Å². The Balaban J connectivity index is 1.71. The largest absolute Gasteiger partial charge is 0.345 e. The SMILES string of the molecule is Cc1ccc(-c2nc3ccc(C)cn3c2CNC(=O)c2cc(F)cc(F)n2)cc1. The van der Waals surface area contributed by atoms with Crippen molar-refractivity contribution in [3.05, 3.63) is 89.0 Å². The predicted molar refractivity (Wildman–Crippen MR) is 105 cm³/mol. The van der Waals surface area contributed by atoms with Gasteiger partial charge < -0.3 is 9.72 Å². The lowest BCUT2D eigenvalue weighted by Crippen LogP contribution is -2.25. The van der Waals surface area contributed by atoms with Gasteiger partial charge in [0.25, 0.3) is 5.91 Å². The highest BCUT2D eigenvalue weighted by Crippen LogP contribution is 2.25. The van der Waals surface area contributed by atoms with Gasteiger partial charge in [0.2, 0.25) is 5.95 Å². The number of hydrogen-bond acceptors (Lipinski definition) is 3. The summed E-state index contributed by atoms with van der Waals surface area (Å²) in [6.45, 7) is 4.09. The van der Waals surface area contributed by atoms with Crippen LogP contribution in [0.2, 0.25) is 0 Å². The summed E-state index contributed by atoms with van der Waals surface area (Å²) in [4.78, 5) is 20.6. The summed E-state index contributed by atoms with van der Waals surface area (Å²) in [5.41, 5.74) is 4.99. The fourth-order valence-electron chi connectivity index (χ4n) is 3.15. The molecular weight excluding hydrogens is 374 g/mol. The van der Waals surface area contributed by atoms with Crippen molar-refractivity contribution in [3.63, 3.8) is 0 Å². The third kappa shape index (κ3) is 3.85. The lowest BCUT2D eigenvalue weighted by Gasteiger charge is -2.08. The maximum Gasteiger partial charge on any atom is 0.270 e. The maximum atomic E-state index is 13.4.